The standard InChI is InChI=1S/C5H5N.CH2O.H2O2/c1-2-4-6-5-3-1;2*1-2/h1-5H;1H2;1-2H. The van der Waals surface area contributed by atoms with Crippen LogP contribution in [0.2, 0.25) is 0 Å². The Morgan fingerprint density at radius 1 is 1.00 bits per heavy atom. The SMILES string of the molecule is C=O.OO.c1ccncc1. The van der Waals surface area contributed by atoms with E-state index in [9.17, 15) is 0 Å². The van der Waals surface area contributed by atoms with Crippen molar-refractivity contribution in [3.05, 3.63) is 30.6 Å². The van der Waals surface area contributed by atoms with Gasteiger partial charge in [0, 0.05) is 12.4 Å². The zero-order valence-corrected chi connectivity index (χ0v) is 5.34. The summed E-state index contributed by atoms with van der Waals surface area (Å²) in [7, 11) is 0. The molecule has 1 aromatic heterocycles. The summed E-state index contributed by atoms with van der Waals surface area (Å²) in [6.07, 6.45) is 3.50. The van der Waals surface area contributed by atoms with E-state index in [4.69, 9.17) is 15.3 Å². The van der Waals surface area contributed by atoms with Crippen LogP contribution in [0.25, 0.3) is 0 Å². The predicted octanol–water partition coefficient (Wildman–Crippen LogP) is 0.914. The van der Waals surface area contributed by atoms with Gasteiger partial charge in [0.2, 0.25) is 0 Å². The van der Waals surface area contributed by atoms with Gasteiger partial charge in [-0.3, -0.25) is 15.5 Å². The van der Waals surface area contributed by atoms with E-state index in [-0.39, 0.29) is 0 Å². The lowest BCUT2D eigenvalue weighted by molar-refractivity contribution is -0.176. The first kappa shape index (κ1) is 11.5. The van der Waals surface area contributed by atoms with Gasteiger partial charge in [-0.05, 0) is 12.1 Å². The molecule has 2 N–H and O–H groups in total. The number of aromatic nitrogens is 1. The molecule has 0 fully saturated rings. The van der Waals surface area contributed by atoms with Gasteiger partial charge in [-0.15, -0.1) is 0 Å². The highest BCUT2D eigenvalue weighted by atomic mass is 17.0. The molecule has 1 rings (SSSR count). The fourth-order valence-corrected chi connectivity index (χ4v) is 0.313. The molecule has 1 aromatic rings. The lowest BCUT2D eigenvalue weighted by atomic mass is 10.5. The van der Waals surface area contributed by atoms with Crippen molar-refractivity contribution in [1.82, 2.24) is 4.98 Å². The maximum atomic E-state index is 8.00. The normalized spacial score (nSPS) is 5.80. The summed E-state index contributed by atoms with van der Waals surface area (Å²) >= 11 is 0. The summed E-state index contributed by atoms with van der Waals surface area (Å²) in [5, 5.41) is 12.0. The van der Waals surface area contributed by atoms with Crippen molar-refractivity contribution >= 4 is 6.79 Å². The molecule has 0 aromatic carbocycles. The molecule has 0 aliphatic carbocycles. The Hall–Kier alpha value is -1.26. The summed E-state index contributed by atoms with van der Waals surface area (Å²) < 4.78 is 0. The molecule has 0 saturated carbocycles. The van der Waals surface area contributed by atoms with Gasteiger partial charge in [0.15, 0.2) is 0 Å². The van der Waals surface area contributed by atoms with E-state index in [2.05, 4.69) is 4.98 Å². The molecular formula is C6H9NO3. The van der Waals surface area contributed by atoms with Crippen LogP contribution in [0.5, 0.6) is 0 Å². The molecular weight excluding hydrogens is 134 g/mol. The first-order valence-electron chi connectivity index (χ1n) is 2.34. The van der Waals surface area contributed by atoms with Gasteiger partial charge < -0.3 is 4.79 Å². The smallest absolute Gasteiger partial charge is 0.106 e. The van der Waals surface area contributed by atoms with Crippen molar-refractivity contribution in [2.75, 3.05) is 0 Å². The number of pyridine rings is 1. The van der Waals surface area contributed by atoms with E-state index in [0.29, 0.717) is 0 Å². The second kappa shape index (κ2) is 15.6. The van der Waals surface area contributed by atoms with Crippen molar-refractivity contribution in [3.63, 3.8) is 0 Å². The van der Waals surface area contributed by atoms with E-state index >= 15 is 0 Å². The Morgan fingerprint density at radius 3 is 1.50 bits per heavy atom. The van der Waals surface area contributed by atoms with Gasteiger partial charge in [0.1, 0.15) is 6.79 Å². The number of hydrogen-bond donors (Lipinski definition) is 2. The lowest BCUT2D eigenvalue weighted by Crippen LogP contribution is -1.58. The molecule has 0 spiro atoms. The van der Waals surface area contributed by atoms with Crippen LogP contribution in [-0.2, 0) is 4.79 Å². The highest BCUT2D eigenvalue weighted by Crippen LogP contribution is 1.73. The summed E-state index contributed by atoms with van der Waals surface area (Å²) in [6, 6.07) is 5.72. The molecule has 10 heavy (non-hydrogen) atoms. The number of carbonyl (C=O) groups excluding carboxylic acids is 1. The number of nitrogens with zero attached hydrogens (tertiary/aromatic N) is 1. The van der Waals surface area contributed by atoms with Crippen LogP contribution in [0.3, 0.4) is 0 Å². The number of hydrogen-bond acceptors (Lipinski definition) is 4. The fourth-order valence-electron chi connectivity index (χ4n) is 0.313. The second-order valence-corrected chi connectivity index (χ2v) is 1.02. The summed E-state index contributed by atoms with van der Waals surface area (Å²) in [5.74, 6) is 0. The van der Waals surface area contributed by atoms with Crippen LogP contribution in [0.4, 0.5) is 0 Å². The Balaban J connectivity index is 0. The monoisotopic (exact) mass is 143 g/mol. The Labute approximate surface area is 58.7 Å². The molecule has 4 heteroatoms. The molecule has 56 valence electrons. The van der Waals surface area contributed by atoms with Gasteiger partial charge in [-0.25, -0.2) is 0 Å². The minimum absolute atomic E-state index is 1.75. The fraction of sp³-hybridized carbons (Fsp3) is 0. The molecule has 4 nitrogen and oxygen atoms in total. The van der Waals surface area contributed by atoms with Crippen molar-refractivity contribution in [3.8, 4) is 0 Å². The van der Waals surface area contributed by atoms with Gasteiger partial charge in [-0.2, -0.15) is 0 Å². The van der Waals surface area contributed by atoms with Crippen molar-refractivity contribution in [2.45, 2.75) is 0 Å². The van der Waals surface area contributed by atoms with Crippen molar-refractivity contribution < 1.29 is 15.3 Å². The third kappa shape index (κ3) is 9.88. The van der Waals surface area contributed by atoms with E-state index in [0.717, 1.165) is 0 Å². The third-order valence-electron chi connectivity index (χ3n) is 0.566. The van der Waals surface area contributed by atoms with Gasteiger partial charge in [0.25, 0.3) is 0 Å². The second-order valence-electron chi connectivity index (χ2n) is 1.02. The van der Waals surface area contributed by atoms with Gasteiger partial charge in [0.05, 0.1) is 0 Å². The summed E-state index contributed by atoms with van der Waals surface area (Å²) in [6.45, 7) is 2.00. The molecule has 0 amide bonds. The van der Waals surface area contributed by atoms with Crippen molar-refractivity contribution in [2.24, 2.45) is 0 Å². The minimum atomic E-state index is 1.75. The topological polar surface area (TPSA) is 70.4 Å². The third-order valence-corrected chi connectivity index (χ3v) is 0.566. The van der Waals surface area contributed by atoms with Gasteiger partial charge >= 0.3 is 0 Å². The Kier molecular flexibility index (Phi) is 18.0. The zero-order valence-electron chi connectivity index (χ0n) is 5.34. The summed E-state index contributed by atoms with van der Waals surface area (Å²) in [5.41, 5.74) is 0. The van der Waals surface area contributed by atoms with E-state index < -0.39 is 0 Å². The highest BCUT2D eigenvalue weighted by molar-refractivity contribution is 5.10. The molecule has 1 heterocycles. The van der Waals surface area contributed by atoms with Crippen molar-refractivity contribution in [1.29, 1.82) is 0 Å². The number of carbonyl (C=O) groups is 1. The summed E-state index contributed by atoms with van der Waals surface area (Å²) in [4.78, 5) is 11.8. The van der Waals surface area contributed by atoms with Gasteiger partial charge in [-0.1, -0.05) is 6.07 Å². The molecule has 0 aliphatic rings. The van der Waals surface area contributed by atoms with E-state index in [1.54, 1.807) is 12.4 Å². The first-order chi connectivity index (χ1) is 5.00. The predicted molar refractivity (Wildman–Crippen MR) is 36.6 cm³/mol. The average molecular weight is 143 g/mol. The number of rotatable bonds is 0. The van der Waals surface area contributed by atoms with Crippen LogP contribution >= 0.6 is 0 Å². The largest absolute Gasteiger partial charge is 0.307 e. The molecule has 0 bridgehead atoms. The maximum Gasteiger partial charge on any atom is 0.106 e. The highest BCUT2D eigenvalue weighted by Gasteiger charge is 1.58. The Bertz CT molecular complexity index is 95.8. The average Bonchev–Trinajstić information content (AvgIpc) is 2.14. The van der Waals surface area contributed by atoms with Crippen LogP contribution in [0.15, 0.2) is 30.6 Å². The van der Waals surface area contributed by atoms with Crippen LogP contribution in [0, 0.1) is 0 Å². The molecule has 0 radical (unpaired) electrons. The minimum Gasteiger partial charge on any atom is -0.307 e. The quantitative estimate of drug-likeness (QED) is 0.418. The first-order valence-corrected chi connectivity index (χ1v) is 2.34. The van der Waals surface area contributed by atoms with E-state index in [1.807, 2.05) is 25.0 Å². The lowest BCUT2D eigenvalue weighted by Gasteiger charge is -1.70. The van der Waals surface area contributed by atoms with E-state index in [1.165, 1.54) is 0 Å². The zero-order chi connectivity index (χ0) is 8.24. The van der Waals surface area contributed by atoms with Crippen LogP contribution < -0.4 is 0 Å². The van der Waals surface area contributed by atoms with Crippen LogP contribution in [0.1, 0.15) is 0 Å². The molecule has 0 unspecified atom stereocenters. The molecule has 0 aliphatic heterocycles. The molecule has 0 atom stereocenters. The Morgan fingerprint density at radius 2 is 1.40 bits per heavy atom. The molecule has 0 saturated heterocycles. The van der Waals surface area contributed by atoms with Crippen LogP contribution in [-0.4, -0.2) is 22.3 Å². The maximum absolute atomic E-state index is 8.00.